The van der Waals surface area contributed by atoms with Gasteiger partial charge in [-0.3, -0.25) is 4.79 Å². The van der Waals surface area contributed by atoms with Crippen molar-refractivity contribution < 1.29 is 13.9 Å². The van der Waals surface area contributed by atoms with E-state index < -0.39 is 5.82 Å². The summed E-state index contributed by atoms with van der Waals surface area (Å²) in [6.07, 6.45) is 3.57. The summed E-state index contributed by atoms with van der Waals surface area (Å²) in [5.74, 6) is -0.558. The zero-order valence-electron chi connectivity index (χ0n) is 24.3. The summed E-state index contributed by atoms with van der Waals surface area (Å²) in [6, 6.07) is 9.61. The van der Waals surface area contributed by atoms with Gasteiger partial charge in [0.15, 0.2) is 10.9 Å². The van der Waals surface area contributed by atoms with Crippen LogP contribution in [0.3, 0.4) is 0 Å². The van der Waals surface area contributed by atoms with E-state index in [9.17, 15) is 10.1 Å². The van der Waals surface area contributed by atoms with Crippen LogP contribution in [-0.4, -0.2) is 83.1 Å². The Kier molecular flexibility index (Phi) is 8.53. The van der Waals surface area contributed by atoms with Gasteiger partial charge in [0.25, 0.3) is 0 Å². The summed E-state index contributed by atoms with van der Waals surface area (Å²) in [4.78, 5) is 32.2. The topological polar surface area (TPSA) is 124 Å². The fraction of sp³-hybridized carbons (Fsp3) is 0.387. The molecule has 6 rings (SSSR count). The van der Waals surface area contributed by atoms with Gasteiger partial charge in [-0.05, 0) is 44.6 Å². The second-order valence-electron chi connectivity index (χ2n) is 11.2. The van der Waals surface area contributed by atoms with Crippen LogP contribution in [0.2, 0.25) is 5.02 Å². The van der Waals surface area contributed by atoms with Crippen LogP contribution in [0.4, 0.5) is 15.3 Å². The summed E-state index contributed by atoms with van der Waals surface area (Å²) in [5.41, 5.74) is 7.29. The van der Waals surface area contributed by atoms with E-state index in [1.807, 2.05) is 17.0 Å². The Balaban J connectivity index is 1.49. The number of nitrogen functional groups attached to an aromatic ring is 1. The summed E-state index contributed by atoms with van der Waals surface area (Å²) in [6.45, 7) is 6.56. The average Bonchev–Trinajstić information content (AvgIpc) is 3.53. The Morgan fingerprint density at radius 3 is 2.86 bits per heavy atom. The number of rotatable bonds is 7. The molecule has 0 radical (unpaired) electrons. The maximum absolute atomic E-state index is 16.8. The molecule has 10 nitrogen and oxygen atoms in total. The third-order valence-electron chi connectivity index (χ3n) is 8.39. The molecule has 228 valence electrons. The van der Waals surface area contributed by atoms with Crippen LogP contribution in [0.25, 0.3) is 32.2 Å². The van der Waals surface area contributed by atoms with Gasteiger partial charge < -0.3 is 25.2 Å². The number of amides is 1. The molecule has 4 aromatic rings. The second kappa shape index (κ2) is 12.5. The molecule has 2 atom stereocenters. The fourth-order valence-corrected chi connectivity index (χ4v) is 7.18. The quantitative estimate of drug-likeness (QED) is 0.276. The molecule has 4 heterocycles. The lowest BCUT2D eigenvalue weighted by Crippen LogP contribution is -2.35. The lowest BCUT2D eigenvalue weighted by molar-refractivity contribution is -0.126. The number of hydrogen-bond acceptors (Lipinski definition) is 10. The molecule has 0 spiro atoms. The highest BCUT2D eigenvalue weighted by Gasteiger charge is 2.30. The normalized spacial score (nSPS) is 19.3. The van der Waals surface area contributed by atoms with Gasteiger partial charge in [0, 0.05) is 61.1 Å². The van der Waals surface area contributed by atoms with Crippen LogP contribution in [0, 0.1) is 23.1 Å². The number of fused-ring (bicyclic) bond motifs is 2. The molecule has 2 aromatic carbocycles. The Morgan fingerprint density at radius 1 is 1.27 bits per heavy atom. The Bertz CT molecular complexity index is 1790. The first-order valence-electron chi connectivity index (χ1n) is 14.5. The van der Waals surface area contributed by atoms with E-state index in [2.05, 4.69) is 34.6 Å². The molecule has 1 unspecified atom stereocenters. The number of para-hydroxylation sites is 1. The molecular formula is C31H32ClFN8O2S. The SMILES string of the molecule is C=CC(=O)N1CCN(c2nc(OC[C@@H]3CCCN3C)nc3c(F)c(-c4cccc5sc(N)nc45)c(Cl)cc23)CC(CC#N)C1. The van der Waals surface area contributed by atoms with Crippen LogP contribution in [0.5, 0.6) is 6.01 Å². The third-order valence-corrected chi connectivity index (χ3v) is 9.53. The van der Waals surface area contributed by atoms with E-state index in [-0.39, 0.29) is 46.4 Å². The van der Waals surface area contributed by atoms with E-state index in [4.69, 9.17) is 27.1 Å². The molecule has 2 fully saturated rings. The Labute approximate surface area is 263 Å². The van der Waals surface area contributed by atoms with Crippen molar-refractivity contribution in [1.29, 1.82) is 5.26 Å². The van der Waals surface area contributed by atoms with Gasteiger partial charge in [-0.15, -0.1) is 0 Å². The van der Waals surface area contributed by atoms with Crippen LogP contribution in [-0.2, 0) is 4.79 Å². The first-order valence-corrected chi connectivity index (χ1v) is 15.7. The molecule has 2 aliphatic heterocycles. The van der Waals surface area contributed by atoms with Crippen LogP contribution in [0.1, 0.15) is 19.3 Å². The standard InChI is InChI=1S/C31H32ClFN8O2S/c1-3-24(42)40-12-13-41(16-18(15-40)9-10-34)29-21-14-22(32)25(20-7-4-8-23-27(20)36-30(35)44-23)26(33)28(21)37-31(38-29)43-17-19-6-5-11-39(19)2/h3-4,7-8,14,18-19H,1,5-6,9,11-13,15-17H2,2H3,(H2,35,36)/t18?,19-/m0/s1. The molecule has 0 saturated carbocycles. The van der Waals surface area contributed by atoms with Gasteiger partial charge in [0.2, 0.25) is 5.91 Å². The summed E-state index contributed by atoms with van der Waals surface area (Å²) < 4.78 is 23.7. The maximum atomic E-state index is 16.8. The summed E-state index contributed by atoms with van der Waals surface area (Å²) >= 11 is 8.16. The fourth-order valence-electron chi connectivity index (χ4n) is 6.13. The molecule has 2 N–H and O–H groups in total. The van der Waals surface area contributed by atoms with Gasteiger partial charge in [0.05, 0.1) is 21.3 Å². The van der Waals surface area contributed by atoms with Crippen molar-refractivity contribution in [2.24, 2.45) is 5.92 Å². The van der Waals surface area contributed by atoms with E-state index >= 15 is 4.39 Å². The van der Waals surface area contributed by atoms with Crippen molar-refractivity contribution in [3.05, 3.63) is 47.8 Å². The number of likely N-dealkylation sites (N-methyl/N-ethyl adjacent to an activating group) is 1. The van der Waals surface area contributed by atoms with Gasteiger partial charge in [-0.2, -0.15) is 15.2 Å². The number of nitrogens with zero attached hydrogens (tertiary/aromatic N) is 7. The number of anilines is 2. The third kappa shape index (κ3) is 5.75. The second-order valence-corrected chi connectivity index (χ2v) is 12.7. The maximum Gasteiger partial charge on any atom is 0.319 e. The Hall–Kier alpha value is -4.05. The van der Waals surface area contributed by atoms with Gasteiger partial charge in [0.1, 0.15) is 17.9 Å². The van der Waals surface area contributed by atoms with E-state index in [0.717, 1.165) is 24.1 Å². The first kappa shape index (κ1) is 30.0. The van der Waals surface area contributed by atoms with Gasteiger partial charge in [-0.1, -0.05) is 41.6 Å². The predicted molar refractivity (Wildman–Crippen MR) is 171 cm³/mol. The first-order chi connectivity index (χ1) is 21.3. The molecular weight excluding hydrogens is 603 g/mol. The van der Waals surface area contributed by atoms with Crippen LogP contribution >= 0.6 is 22.9 Å². The Morgan fingerprint density at radius 2 is 2.11 bits per heavy atom. The number of likely N-dealkylation sites (tertiary alicyclic amines) is 1. The highest BCUT2D eigenvalue weighted by molar-refractivity contribution is 7.22. The van der Waals surface area contributed by atoms with Crippen molar-refractivity contribution >= 4 is 60.9 Å². The number of nitriles is 1. The van der Waals surface area contributed by atoms with Gasteiger partial charge >= 0.3 is 6.01 Å². The van der Waals surface area contributed by atoms with E-state index in [1.54, 1.807) is 17.0 Å². The van der Waals surface area contributed by atoms with E-state index in [0.29, 0.717) is 60.2 Å². The molecule has 2 saturated heterocycles. The minimum Gasteiger partial charge on any atom is -0.462 e. The van der Waals surface area contributed by atoms with Crippen molar-refractivity contribution in [2.75, 3.05) is 57.0 Å². The summed E-state index contributed by atoms with van der Waals surface area (Å²) in [5, 5.41) is 10.5. The number of hydrogen-bond donors (Lipinski definition) is 1. The number of ether oxygens (including phenoxy) is 1. The number of halogens is 2. The number of thiazole rings is 1. The zero-order valence-corrected chi connectivity index (χ0v) is 25.9. The van der Waals surface area contributed by atoms with Crippen molar-refractivity contribution in [1.82, 2.24) is 24.8 Å². The zero-order chi connectivity index (χ0) is 31.0. The van der Waals surface area contributed by atoms with E-state index in [1.165, 1.54) is 17.4 Å². The molecule has 2 aliphatic rings. The molecule has 1 amide bonds. The lowest BCUT2D eigenvalue weighted by atomic mass is 10.0. The van der Waals surface area contributed by atoms with Gasteiger partial charge in [-0.25, -0.2) is 9.37 Å². The molecule has 44 heavy (non-hydrogen) atoms. The lowest BCUT2D eigenvalue weighted by Gasteiger charge is -2.26. The monoisotopic (exact) mass is 634 g/mol. The molecule has 0 bridgehead atoms. The smallest absolute Gasteiger partial charge is 0.319 e. The molecule has 13 heteroatoms. The van der Waals surface area contributed by atoms with Crippen LogP contribution < -0.4 is 15.4 Å². The highest BCUT2D eigenvalue weighted by atomic mass is 35.5. The number of carbonyl (C=O) groups excluding carboxylic acids is 1. The number of carbonyl (C=O) groups is 1. The molecule has 0 aliphatic carbocycles. The van der Waals surface area contributed by atoms with Crippen molar-refractivity contribution in [2.45, 2.75) is 25.3 Å². The van der Waals surface area contributed by atoms with Crippen molar-refractivity contribution in [3.63, 3.8) is 0 Å². The predicted octanol–water partition coefficient (Wildman–Crippen LogP) is 5.12. The number of benzene rings is 2. The highest BCUT2D eigenvalue weighted by Crippen LogP contribution is 2.42. The molecule has 2 aromatic heterocycles. The number of nitrogens with two attached hydrogens (primary N) is 1. The largest absolute Gasteiger partial charge is 0.462 e. The average molecular weight is 635 g/mol. The minimum absolute atomic E-state index is 0.0520. The summed E-state index contributed by atoms with van der Waals surface area (Å²) in [7, 11) is 2.05. The van der Waals surface area contributed by atoms with Crippen molar-refractivity contribution in [3.8, 4) is 23.2 Å². The van der Waals surface area contributed by atoms with Crippen LogP contribution in [0.15, 0.2) is 36.9 Å². The number of aromatic nitrogens is 3. The minimum atomic E-state index is -0.620.